The number of nitrogens with one attached hydrogen (secondary N) is 1. The third-order valence-electron chi connectivity index (χ3n) is 3.92. The highest BCUT2D eigenvalue weighted by Gasteiger charge is 2.26. The highest BCUT2D eigenvalue weighted by molar-refractivity contribution is 5.96. The summed E-state index contributed by atoms with van der Waals surface area (Å²) in [5.41, 5.74) is 1.29. The van der Waals surface area contributed by atoms with Crippen molar-refractivity contribution in [3.05, 3.63) is 29.8 Å². The van der Waals surface area contributed by atoms with E-state index in [2.05, 4.69) is 19.2 Å². The van der Waals surface area contributed by atoms with Crippen LogP contribution in [0.25, 0.3) is 0 Å². The first kappa shape index (κ1) is 14.6. The van der Waals surface area contributed by atoms with Crippen molar-refractivity contribution in [1.29, 1.82) is 0 Å². The second kappa shape index (κ2) is 6.07. The molecule has 108 valence electrons. The molecule has 0 spiro atoms. The van der Waals surface area contributed by atoms with Gasteiger partial charge in [0.2, 0.25) is 0 Å². The molecular formula is C16H22N2O2. The van der Waals surface area contributed by atoms with Gasteiger partial charge in [-0.05, 0) is 44.7 Å². The average molecular weight is 274 g/mol. The molecule has 0 radical (unpaired) electrons. The SMILES string of the molecule is CC(=O)c1cccc(NC(=O)N2CCC(C)CC2C)c1. The number of benzene rings is 1. The van der Waals surface area contributed by atoms with Gasteiger partial charge in [0, 0.05) is 23.8 Å². The first-order chi connectivity index (χ1) is 9.47. The molecule has 1 heterocycles. The van der Waals surface area contributed by atoms with E-state index in [4.69, 9.17) is 0 Å². The molecule has 1 aliphatic heterocycles. The fraction of sp³-hybridized carbons (Fsp3) is 0.500. The van der Waals surface area contributed by atoms with Gasteiger partial charge in [-0.25, -0.2) is 4.79 Å². The van der Waals surface area contributed by atoms with Crippen LogP contribution in [0.15, 0.2) is 24.3 Å². The Kier molecular flexibility index (Phi) is 4.42. The number of piperidine rings is 1. The van der Waals surface area contributed by atoms with Crippen LogP contribution in [0.1, 0.15) is 44.0 Å². The zero-order chi connectivity index (χ0) is 14.7. The van der Waals surface area contributed by atoms with Gasteiger partial charge < -0.3 is 10.2 Å². The van der Waals surface area contributed by atoms with Crippen molar-refractivity contribution in [2.45, 2.75) is 39.7 Å². The Balaban J connectivity index is 2.04. The van der Waals surface area contributed by atoms with E-state index in [1.165, 1.54) is 6.92 Å². The summed E-state index contributed by atoms with van der Waals surface area (Å²) in [6, 6.07) is 7.25. The molecular weight excluding hydrogens is 252 g/mol. The molecule has 1 aromatic rings. The van der Waals surface area contributed by atoms with Crippen LogP contribution in [-0.4, -0.2) is 29.3 Å². The number of rotatable bonds is 2. The zero-order valence-corrected chi connectivity index (χ0v) is 12.3. The third-order valence-corrected chi connectivity index (χ3v) is 3.92. The van der Waals surface area contributed by atoms with Crippen LogP contribution >= 0.6 is 0 Å². The quantitative estimate of drug-likeness (QED) is 0.838. The van der Waals surface area contributed by atoms with Gasteiger partial charge >= 0.3 is 6.03 Å². The van der Waals surface area contributed by atoms with Crippen molar-refractivity contribution in [3.63, 3.8) is 0 Å². The van der Waals surface area contributed by atoms with E-state index in [0.29, 0.717) is 17.2 Å². The summed E-state index contributed by atoms with van der Waals surface area (Å²) in [7, 11) is 0. The molecule has 20 heavy (non-hydrogen) atoms. The predicted octanol–water partition coefficient (Wildman–Crippen LogP) is 3.54. The van der Waals surface area contributed by atoms with Crippen LogP contribution in [0.4, 0.5) is 10.5 Å². The van der Waals surface area contributed by atoms with E-state index >= 15 is 0 Å². The van der Waals surface area contributed by atoms with Crippen LogP contribution in [0.5, 0.6) is 0 Å². The zero-order valence-electron chi connectivity index (χ0n) is 12.3. The lowest BCUT2D eigenvalue weighted by atomic mass is 9.94. The Labute approximate surface area is 120 Å². The van der Waals surface area contributed by atoms with Gasteiger partial charge in [-0.1, -0.05) is 19.1 Å². The van der Waals surface area contributed by atoms with Gasteiger partial charge in [-0.15, -0.1) is 0 Å². The summed E-state index contributed by atoms with van der Waals surface area (Å²) in [5.74, 6) is 0.677. The summed E-state index contributed by atoms with van der Waals surface area (Å²) >= 11 is 0. The number of hydrogen-bond donors (Lipinski definition) is 1. The predicted molar refractivity (Wildman–Crippen MR) is 80.0 cm³/mol. The monoisotopic (exact) mass is 274 g/mol. The van der Waals surface area contributed by atoms with Crippen molar-refractivity contribution in [2.24, 2.45) is 5.92 Å². The fourth-order valence-electron chi connectivity index (χ4n) is 2.72. The van der Waals surface area contributed by atoms with Crippen molar-refractivity contribution in [1.82, 2.24) is 4.90 Å². The van der Waals surface area contributed by atoms with Crippen LogP contribution in [0.3, 0.4) is 0 Å². The number of nitrogens with zero attached hydrogens (tertiary/aromatic N) is 1. The lowest BCUT2D eigenvalue weighted by Gasteiger charge is -2.36. The normalized spacial score (nSPS) is 22.4. The first-order valence-electron chi connectivity index (χ1n) is 7.16. The number of hydrogen-bond acceptors (Lipinski definition) is 2. The smallest absolute Gasteiger partial charge is 0.322 e. The van der Waals surface area contributed by atoms with Gasteiger partial charge in [0.1, 0.15) is 0 Å². The summed E-state index contributed by atoms with van der Waals surface area (Å²) < 4.78 is 0. The van der Waals surface area contributed by atoms with Crippen molar-refractivity contribution < 1.29 is 9.59 Å². The second-order valence-electron chi connectivity index (χ2n) is 5.74. The highest BCUT2D eigenvalue weighted by Crippen LogP contribution is 2.23. The fourth-order valence-corrected chi connectivity index (χ4v) is 2.72. The number of amides is 2. The highest BCUT2D eigenvalue weighted by atomic mass is 16.2. The molecule has 4 nitrogen and oxygen atoms in total. The van der Waals surface area contributed by atoms with Crippen LogP contribution in [0, 0.1) is 5.92 Å². The Morgan fingerprint density at radius 2 is 2.05 bits per heavy atom. The van der Waals surface area contributed by atoms with Gasteiger partial charge in [0.15, 0.2) is 5.78 Å². The Morgan fingerprint density at radius 3 is 2.70 bits per heavy atom. The van der Waals surface area contributed by atoms with E-state index in [-0.39, 0.29) is 17.9 Å². The molecule has 0 saturated carbocycles. The molecule has 0 aliphatic carbocycles. The van der Waals surface area contributed by atoms with Crippen LogP contribution in [-0.2, 0) is 0 Å². The van der Waals surface area contributed by atoms with E-state index < -0.39 is 0 Å². The largest absolute Gasteiger partial charge is 0.322 e. The number of urea groups is 1. The third kappa shape index (κ3) is 3.38. The molecule has 2 amide bonds. The van der Waals surface area contributed by atoms with Crippen molar-refractivity contribution in [2.75, 3.05) is 11.9 Å². The minimum absolute atomic E-state index is 0.00117. The number of likely N-dealkylation sites (tertiary alicyclic amines) is 1. The summed E-state index contributed by atoms with van der Waals surface area (Å²) in [6.07, 6.45) is 2.09. The lowest BCUT2D eigenvalue weighted by molar-refractivity contribution is 0.101. The topological polar surface area (TPSA) is 49.4 Å². The maximum Gasteiger partial charge on any atom is 0.322 e. The van der Waals surface area contributed by atoms with E-state index in [1.54, 1.807) is 18.2 Å². The summed E-state index contributed by atoms with van der Waals surface area (Å²) in [4.78, 5) is 25.5. The average Bonchev–Trinajstić information content (AvgIpc) is 2.38. The molecule has 1 saturated heterocycles. The van der Waals surface area contributed by atoms with Crippen LogP contribution < -0.4 is 5.32 Å². The molecule has 1 aliphatic rings. The Hall–Kier alpha value is -1.84. The lowest BCUT2D eigenvalue weighted by Crippen LogP contribution is -2.46. The maximum atomic E-state index is 12.3. The van der Waals surface area contributed by atoms with Gasteiger partial charge in [-0.3, -0.25) is 4.79 Å². The minimum atomic E-state index is -0.0786. The number of carbonyl (C=O) groups excluding carboxylic acids is 2. The Morgan fingerprint density at radius 1 is 1.30 bits per heavy atom. The van der Waals surface area contributed by atoms with Crippen molar-refractivity contribution >= 4 is 17.5 Å². The van der Waals surface area contributed by atoms with Crippen LogP contribution in [0.2, 0.25) is 0 Å². The van der Waals surface area contributed by atoms with Gasteiger partial charge in [0.25, 0.3) is 0 Å². The molecule has 2 rings (SSSR count). The Bertz CT molecular complexity index is 513. The number of Topliss-reactive ketones (excluding diaryl/α,β-unsaturated/α-hetero) is 1. The number of carbonyl (C=O) groups is 2. The number of anilines is 1. The van der Waals surface area contributed by atoms with E-state index in [1.807, 2.05) is 11.0 Å². The first-order valence-corrected chi connectivity index (χ1v) is 7.16. The van der Waals surface area contributed by atoms with Gasteiger partial charge in [0.05, 0.1) is 0 Å². The molecule has 2 atom stereocenters. The number of ketones is 1. The van der Waals surface area contributed by atoms with Gasteiger partial charge in [-0.2, -0.15) is 0 Å². The standard InChI is InChI=1S/C16H22N2O2/c1-11-7-8-18(12(2)9-11)16(20)17-15-6-4-5-14(10-15)13(3)19/h4-6,10-12H,7-9H2,1-3H3,(H,17,20). The molecule has 1 aromatic carbocycles. The van der Waals surface area contributed by atoms with Crippen molar-refractivity contribution in [3.8, 4) is 0 Å². The molecule has 0 bridgehead atoms. The molecule has 1 N–H and O–H groups in total. The maximum absolute atomic E-state index is 12.3. The summed E-state index contributed by atoms with van der Waals surface area (Å²) in [5, 5.41) is 2.89. The molecule has 2 unspecified atom stereocenters. The van der Waals surface area contributed by atoms with E-state index in [9.17, 15) is 9.59 Å². The van der Waals surface area contributed by atoms with E-state index in [0.717, 1.165) is 19.4 Å². The summed E-state index contributed by atoms with van der Waals surface area (Å²) in [6.45, 7) is 6.62. The second-order valence-corrected chi connectivity index (χ2v) is 5.74. The molecule has 1 fully saturated rings. The molecule has 0 aromatic heterocycles. The minimum Gasteiger partial charge on any atom is -0.322 e. The molecule has 4 heteroatoms.